The molecule has 1 N–H and O–H groups in total. The van der Waals surface area contributed by atoms with Gasteiger partial charge in [-0.25, -0.2) is 0 Å². The Hall–Kier alpha value is -0.640. The number of nitrogens with zero attached hydrogens (tertiary/aromatic N) is 2. The minimum absolute atomic E-state index is 0.291. The van der Waals surface area contributed by atoms with Crippen molar-refractivity contribution in [2.75, 3.05) is 0 Å². The normalized spacial score (nSPS) is 12.0. The summed E-state index contributed by atoms with van der Waals surface area (Å²) in [6.45, 7) is 10.1. The number of hydrogen-bond donors (Lipinski definition) is 1. The molecule has 0 fully saturated rings. The van der Waals surface area contributed by atoms with Crippen LogP contribution in [0.1, 0.15) is 65.6 Å². The van der Waals surface area contributed by atoms with Crippen LogP contribution in [0.15, 0.2) is 0 Å². The Morgan fingerprint density at radius 2 is 1.94 bits per heavy atom. The number of H-pyrrole nitrogens is 1. The Bertz CT molecular complexity index is 403. The molecular weight excluding hydrogens is 242 g/mol. The molecule has 0 atom stereocenters. The molecule has 1 heterocycles. The average Bonchev–Trinajstić information content (AvgIpc) is 2.62. The quantitative estimate of drug-likeness (QED) is 0.557. The predicted molar refractivity (Wildman–Crippen MR) is 79.3 cm³/mol. The molecule has 0 aromatic carbocycles. The number of aromatic nitrogens is 3. The molecule has 0 aliphatic carbocycles. The van der Waals surface area contributed by atoms with Crippen LogP contribution in [0.2, 0.25) is 0 Å². The van der Waals surface area contributed by atoms with E-state index in [1.807, 2.05) is 0 Å². The zero-order valence-electron chi connectivity index (χ0n) is 12.3. The molecule has 0 aliphatic rings. The maximum atomic E-state index is 5.34. The molecule has 0 saturated carbocycles. The Kier molecular flexibility index (Phi) is 6.06. The smallest absolute Gasteiger partial charge is 0.195 e. The van der Waals surface area contributed by atoms with E-state index in [1.165, 1.54) is 25.7 Å². The fraction of sp³-hybridized carbons (Fsp3) is 0.857. The largest absolute Gasteiger partial charge is 0.304 e. The van der Waals surface area contributed by atoms with Gasteiger partial charge in [-0.1, -0.05) is 47.0 Å². The van der Waals surface area contributed by atoms with Crippen LogP contribution in [-0.2, 0) is 13.0 Å². The summed E-state index contributed by atoms with van der Waals surface area (Å²) in [6.07, 6.45) is 7.26. The van der Waals surface area contributed by atoms with Gasteiger partial charge >= 0.3 is 0 Å². The summed E-state index contributed by atoms with van der Waals surface area (Å²) < 4.78 is 2.95. The highest BCUT2D eigenvalue weighted by Gasteiger charge is 2.20. The van der Waals surface area contributed by atoms with Gasteiger partial charge in [-0.2, -0.15) is 5.10 Å². The van der Waals surface area contributed by atoms with Crippen molar-refractivity contribution in [1.82, 2.24) is 14.8 Å². The molecule has 0 amide bonds. The van der Waals surface area contributed by atoms with Gasteiger partial charge in [-0.3, -0.25) is 5.10 Å². The van der Waals surface area contributed by atoms with Gasteiger partial charge in [0.25, 0.3) is 0 Å². The predicted octanol–water partition coefficient (Wildman–Crippen LogP) is 4.50. The van der Waals surface area contributed by atoms with Gasteiger partial charge in [-0.05, 0) is 30.5 Å². The van der Waals surface area contributed by atoms with Gasteiger partial charge in [0.05, 0.1) is 0 Å². The Morgan fingerprint density at radius 3 is 2.56 bits per heavy atom. The number of hydrogen-bond acceptors (Lipinski definition) is 2. The molecule has 3 nitrogen and oxygen atoms in total. The lowest BCUT2D eigenvalue weighted by Gasteiger charge is -2.25. The second-order valence-electron chi connectivity index (χ2n) is 5.90. The van der Waals surface area contributed by atoms with Crippen molar-refractivity contribution >= 4 is 12.2 Å². The van der Waals surface area contributed by atoms with E-state index < -0.39 is 0 Å². The molecule has 4 heteroatoms. The molecule has 0 saturated heterocycles. The van der Waals surface area contributed by atoms with Crippen LogP contribution in [0.3, 0.4) is 0 Å². The lowest BCUT2D eigenvalue weighted by Crippen LogP contribution is -2.21. The Balaban J connectivity index is 2.70. The van der Waals surface area contributed by atoms with Crippen LogP contribution in [0.4, 0.5) is 0 Å². The van der Waals surface area contributed by atoms with Crippen molar-refractivity contribution in [3.8, 4) is 0 Å². The van der Waals surface area contributed by atoms with Gasteiger partial charge < -0.3 is 4.57 Å². The molecule has 1 aromatic heterocycles. The summed E-state index contributed by atoms with van der Waals surface area (Å²) in [5.74, 6) is 1.10. The summed E-state index contributed by atoms with van der Waals surface area (Å²) in [5, 5.41) is 7.26. The molecule has 18 heavy (non-hydrogen) atoms. The van der Waals surface area contributed by atoms with Gasteiger partial charge in [0.1, 0.15) is 5.82 Å². The van der Waals surface area contributed by atoms with E-state index in [9.17, 15) is 0 Å². The zero-order valence-corrected chi connectivity index (χ0v) is 13.1. The zero-order chi connectivity index (χ0) is 13.6. The number of rotatable bonds is 8. The monoisotopic (exact) mass is 269 g/mol. The van der Waals surface area contributed by atoms with Gasteiger partial charge in [-0.15, -0.1) is 0 Å². The third-order valence-corrected chi connectivity index (χ3v) is 3.67. The highest BCUT2D eigenvalue weighted by Crippen LogP contribution is 2.26. The van der Waals surface area contributed by atoms with Crippen molar-refractivity contribution in [3.63, 3.8) is 0 Å². The van der Waals surface area contributed by atoms with Crippen LogP contribution < -0.4 is 0 Å². The third kappa shape index (κ3) is 4.56. The first kappa shape index (κ1) is 15.4. The van der Waals surface area contributed by atoms with Crippen LogP contribution in [0.25, 0.3) is 0 Å². The highest BCUT2D eigenvalue weighted by molar-refractivity contribution is 7.71. The van der Waals surface area contributed by atoms with E-state index in [4.69, 9.17) is 12.2 Å². The number of aromatic amines is 1. The van der Waals surface area contributed by atoms with E-state index >= 15 is 0 Å². The second kappa shape index (κ2) is 7.07. The van der Waals surface area contributed by atoms with Crippen LogP contribution in [-0.4, -0.2) is 14.8 Å². The lowest BCUT2D eigenvalue weighted by molar-refractivity contribution is 0.266. The number of aryl methyl sites for hydroxylation is 1. The number of unbranched alkanes of at least 4 members (excludes halogenated alkanes) is 2. The maximum Gasteiger partial charge on any atom is 0.195 e. The SMILES string of the molecule is CCCCCC(C)(C)Cn1c(CCC)n[nH]c1=S. The topological polar surface area (TPSA) is 33.6 Å². The van der Waals surface area contributed by atoms with Crippen molar-refractivity contribution in [2.45, 2.75) is 72.8 Å². The van der Waals surface area contributed by atoms with E-state index in [2.05, 4.69) is 42.5 Å². The first-order chi connectivity index (χ1) is 8.50. The molecule has 104 valence electrons. The summed E-state index contributed by atoms with van der Waals surface area (Å²) in [7, 11) is 0. The Labute approximate surface area is 116 Å². The fourth-order valence-electron chi connectivity index (χ4n) is 2.29. The van der Waals surface area contributed by atoms with E-state index in [-0.39, 0.29) is 0 Å². The van der Waals surface area contributed by atoms with Crippen molar-refractivity contribution in [2.24, 2.45) is 5.41 Å². The number of nitrogens with one attached hydrogen (secondary N) is 1. The molecular formula is C14H27N3S. The minimum atomic E-state index is 0.291. The van der Waals surface area contributed by atoms with Gasteiger partial charge in [0, 0.05) is 13.0 Å². The Morgan fingerprint density at radius 1 is 1.22 bits per heavy atom. The summed E-state index contributed by atoms with van der Waals surface area (Å²) >= 11 is 5.34. The van der Waals surface area contributed by atoms with Crippen molar-refractivity contribution in [1.29, 1.82) is 0 Å². The molecule has 1 rings (SSSR count). The van der Waals surface area contributed by atoms with Crippen LogP contribution >= 0.6 is 12.2 Å². The fourth-order valence-corrected chi connectivity index (χ4v) is 2.50. The molecule has 0 spiro atoms. The maximum absolute atomic E-state index is 5.34. The van der Waals surface area contributed by atoms with Crippen LogP contribution in [0, 0.1) is 10.2 Å². The standard InChI is InChI=1S/C14H27N3S/c1-5-7-8-10-14(3,4)11-17-12(9-6-2)15-16-13(17)18/h5-11H2,1-4H3,(H,16,18). The summed E-state index contributed by atoms with van der Waals surface area (Å²) in [5.41, 5.74) is 0.291. The van der Waals surface area contributed by atoms with Crippen molar-refractivity contribution in [3.05, 3.63) is 10.6 Å². The minimum Gasteiger partial charge on any atom is -0.304 e. The van der Waals surface area contributed by atoms with Crippen LogP contribution in [0.5, 0.6) is 0 Å². The van der Waals surface area contributed by atoms with E-state index in [1.54, 1.807) is 0 Å². The molecule has 0 aliphatic heterocycles. The molecule has 0 bridgehead atoms. The average molecular weight is 269 g/mol. The summed E-state index contributed by atoms with van der Waals surface area (Å²) in [6, 6.07) is 0. The van der Waals surface area contributed by atoms with Crippen molar-refractivity contribution < 1.29 is 0 Å². The second-order valence-corrected chi connectivity index (χ2v) is 6.29. The van der Waals surface area contributed by atoms with Gasteiger partial charge in [0.15, 0.2) is 4.77 Å². The molecule has 1 aromatic rings. The first-order valence-corrected chi connectivity index (χ1v) is 7.55. The first-order valence-electron chi connectivity index (χ1n) is 7.14. The van der Waals surface area contributed by atoms with E-state index in [0.717, 1.165) is 30.0 Å². The third-order valence-electron chi connectivity index (χ3n) is 3.35. The highest BCUT2D eigenvalue weighted by atomic mass is 32.1. The molecule has 0 radical (unpaired) electrons. The lowest BCUT2D eigenvalue weighted by atomic mass is 9.86. The van der Waals surface area contributed by atoms with Gasteiger partial charge in [0.2, 0.25) is 0 Å². The van der Waals surface area contributed by atoms with E-state index in [0.29, 0.717) is 5.41 Å². The molecule has 0 unspecified atom stereocenters. The summed E-state index contributed by atoms with van der Waals surface area (Å²) in [4.78, 5) is 0.